The van der Waals surface area contributed by atoms with Crippen LogP contribution in [-0.4, -0.2) is 10.2 Å². The van der Waals surface area contributed by atoms with Gasteiger partial charge < -0.3 is 9.62 Å². The fourth-order valence-corrected chi connectivity index (χ4v) is 1.83. The molecule has 18 heavy (non-hydrogen) atoms. The predicted molar refractivity (Wildman–Crippen MR) is 66.8 cm³/mol. The van der Waals surface area contributed by atoms with Crippen LogP contribution in [0.5, 0.6) is 0 Å². The first kappa shape index (κ1) is 10.5. The lowest BCUT2D eigenvalue weighted by molar-refractivity contribution is 0.302. The predicted octanol–water partition coefficient (Wildman–Crippen LogP) is 2.78. The van der Waals surface area contributed by atoms with Crippen LogP contribution in [-0.2, 0) is 0 Å². The molecule has 88 valence electrons. The average Bonchev–Trinajstić information content (AvgIpc) is 2.47. The van der Waals surface area contributed by atoms with Gasteiger partial charge in [0.25, 0.3) is 0 Å². The van der Waals surface area contributed by atoms with Crippen LogP contribution in [0.25, 0.3) is 22.4 Å². The summed E-state index contributed by atoms with van der Waals surface area (Å²) in [5.41, 5.74) is 1.36. The van der Waals surface area contributed by atoms with Gasteiger partial charge in [0.1, 0.15) is 16.6 Å². The molecule has 0 aliphatic rings. The van der Waals surface area contributed by atoms with Crippen molar-refractivity contribution in [2.45, 2.75) is 0 Å². The summed E-state index contributed by atoms with van der Waals surface area (Å²) in [5.74, 6) is 0.571. The largest absolute Gasteiger partial charge is 0.454 e. The van der Waals surface area contributed by atoms with E-state index in [1.807, 2.05) is 42.5 Å². The molecule has 0 aliphatic carbocycles. The standard InChI is InChI=1S/C14H10N2O2/c17-16-12-9-14(11-6-3-4-8-15-11)18-13-7-2-1-5-10(12)13/h1-9,17H. The molecule has 2 heterocycles. The molecule has 0 aliphatic heterocycles. The fourth-order valence-electron chi connectivity index (χ4n) is 1.83. The summed E-state index contributed by atoms with van der Waals surface area (Å²) in [5, 5.41) is 13.6. The van der Waals surface area contributed by atoms with Gasteiger partial charge in [0, 0.05) is 17.6 Å². The number of para-hydroxylation sites is 1. The molecule has 0 saturated heterocycles. The van der Waals surface area contributed by atoms with Gasteiger partial charge in [0.2, 0.25) is 0 Å². The van der Waals surface area contributed by atoms with Crippen molar-refractivity contribution in [1.82, 2.24) is 4.98 Å². The first-order chi connectivity index (χ1) is 8.88. The number of hydrogen-bond donors (Lipinski definition) is 1. The van der Waals surface area contributed by atoms with E-state index >= 15 is 0 Å². The minimum atomic E-state index is 0.470. The van der Waals surface area contributed by atoms with E-state index in [4.69, 9.17) is 9.62 Å². The molecule has 4 nitrogen and oxygen atoms in total. The van der Waals surface area contributed by atoms with Gasteiger partial charge in [-0.1, -0.05) is 23.4 Å². The molecular formula is C14H10N2O2. The molecule has 0 unspecified atom stereocenters. The zero-order valence-electron chi connectivity index (χ0n) is 9.45. The highest BCUT2D eigenvalue weighted by Crippen LogP contribution is 2.19. The Morgan fingerprint density at radius 3 is 2.67 bits per heavy atom. The van der Waals surface area contributed by atoms with Crippen molar-refractivity contribution in [3.8, 4) is 11.5 Å². The van der Waals surface area contributed by atoms with Gasteiger partial charge >= 0.3 is 0 Å². The van der Waals surface area contributed by atoms with E-state index in [1.54, 1.807) is 12.3 Å². The quantitative estimate of drug-likeness (QED) is 0.524. The Morgan fingerprint density at radius 1 is 1.06 bits per heavy atom. The summed E-state index contributed by atoms with van der Waals surface area (Å²) in [4.78, 5) is 4.21. The summed E-state index contributed by atoms with van der Waals surface area (Å²) in [7, 11) is 0. The highest BCUT2D eigenvalue weighted by atomic mass is 16.4. The van der Waals surface area contributed by atoms with Crippen LogP contribution >= 0.6 is 0 Å². The lowest BCUT2D eigenvalue weighted by Gasteiger charge is -2.02. The number of aromatic nitrogens is 1. The Bertz CT molecular complexity index is 748. The summed E-state index contributed by atoms with van der Waals surface area (Å²) in [6.45, 7) is 0. The Labute approximate surface area is 103 Å². The summed E-state index contributed by atoms with van der Waals surface area (Å²) in [6, 6.07) is 14.6. The van der Waals surface area contributed by atoms with Crippen molar-refractivity contribution in [2.75, 3.05) is 0 Å². The van der Waals surface area contributed by atoms with Crippen LogP contribution in [0.1, 0.15) is 0 Å². The Morgan fingerprint density at radius 2 is 1.89 bits per heavy atom. The summed E-state index contributed by atoms with van der Waals surface area (Å²) in [6.07, 6.45) is 1.69. The third kappa shape index (κ3) is 1.73. The second-order valence-electron chi connectivity index (χ2n) is 3.81. The summed E-state index contributed by atoms with van der Waals surface area (Å²) < 4.78 is 5.76. The lowest BCUT2D eigenvalue weighted by Crippen LogP contribution is -2.03. The second-order valence-corrected chi connectivity index (χ2v) is 3.81. The van der Waals surface area contributed by atoms with Gasteiger partial charge in [0.05, 0.1) is 0 Å². The maximum Gasteiger partial charge on any atom is 0.155 e. The van der Waals surface area contributed by atoms with Gasteiger partial charge in [-0.15, -0.1) is 0 Å². The number of benzene rings is 1. The van der Waals surface area contributed by atoms with Crippen molar-refractivity contribution in [3.63, 3.8) is 0 Å². The van der Waals surface area contributed by atoms with E-state index in [0.29, 0.717) is 22.4 Å². The van der Waals surface area contributed by atoms with Gasteiger partial charge in [-0.2, -0.15) is 0 Å². The molecule has 2 aromatic heterocycles. The van der Waals surface area contributed by atoms with E-state index in [1.165, 1.54) is 0 Å². The van der Waals surface area contributed by atoms with Gasteiger partial charge in [-0.25, -0.2) is 0 Å². The molecule has 0 fully saturated rings. The highest BCUT2D eigenvalue weighted by molar-refractivity contribution is 5.77. The molecule has 0 spiro atoms. The molecule has 3 rings (SSSR count). The number of fused-ring (bicyclic) bond motifs is 1. The molecule has 3 aromatic rings. The number of hydrogen-bond acceptors (Lipinski definition) is 4. The Hall–Kier alpha value is -2.62. The smallest absolute Gasteiger partial charge is 0.155 e. The van der Waals surface area contributed by atoms with E-state index in [9.17, 15) is 0 Å². The maximum absolute atomic E-state index is 9.07. The minimum absolute atomic E-state index is 0.470. The summed E-state index contributed by atoms with van der Waals surface area (Å²) >= 11 is 0. The van der Waals surface area contributed by atoms with Crippen molar-refractivity contribution in [2.24, 2.45) is 5.16 Å². The lowest BCUT2D eigenvalue weighted by atomic mass is 10.2. The van der Waals surface area contributed by atoms with Crippen LogP contribution in [0.4, 0.5) is 0 Å². The van der Waals surface area contributed by atoms with Gasteiger partial charge in [-0.3, -0.25) is 4.98 Å². The van der Waals surface area contributed by atoms with Crippen LogP contribution in [0.3, 0.4) is 0 Å². The first-order valence-corrected chi connectivity index (χ1v) is 5.51. The SMILES string of the molecule is ON=c1cc(-c2ccccn2)oc2ccccc12. The van der Waals surface area contributed by atoms with Gasteiger partial charge in [-0.05, 0) is 24.3 Å². The van der Waals surface area contributed by atoms with E-state index < -0.39 is 0 Å². The van der Waals surface area contributed by atoms with Crippen LogP contribution < -0.4 is 5.36 Å². The monoisotopic (exact) mass is 238 g/mol. The molecule has 0 saturated carbocycles. The fraction of sp³-hybridized carbons (Fsp3) is 0. The number of nitrogens with zero attached hydrogens (tertiary/aromatic N) is 2. The van der Waals surface area contributed by atoms with Crippen LogP contribution in [0.15, 0.2) is 64.3 Å². The molecule has 4 heteroatoms. The van der Waals surface area contributed by atoms with E-state index in [2.05, 4.69) is 10.1 Å². The molecule has 0 atom stereocenters. The van der Waals surface area contributed by atoms with Crippen molar-refractivity contribution in [1.29, 1.82) is 0 Å². The van der Waals surface area contributed by atoms with Crippen molar-refractivity contribution in [3.05, 3.63) is 60.1 Å². The van der Waals surface area contributed by atoms with E-state index in [0.717, 1.165) is 5.39 Å². The Kier molecular flexibility index (Phi) is 2.53. The number of pyridine rings is 1. The van der Waals surface area contributed by atoms with Crippen LogP contribution in [0.2, 0.25) is 0 Å². The zero-order chi connectivity index (χ0) is 12.4. The average molecular weight is 238 g/mol. The third-order valence-electron chi connectivity index (χ3n) is 2.68. The topological polar surface area (TPSA) is 58.6 Å². The molecule has 0 bridgehead atoms. The second kappa shape index (κ2) is 4.33. The van der Waals surface area contributed by atoms with Crippen LogP contribution in [0, 0.1) is 0 Å². The zero-order valence-corrected chi connectivity index (χ0v) is 9.45. The molecule has 0 amide bonds. The van der Waals surface area contributed by atoms with Gasteiger partial charge in [0.15, 0.2) is 5.76 Å². The van der Waals surface area contributed by atoms with Crippen molar-refractivity contribution >= 4 is 11.0 Å². The molecule has 0 radical (unpaired) electrons. The maximum atomic E-state index is 9.07. The third-order valence-corrected chi connectivity index (χ3v) is 2.68. The molecule has 1 aromatic carbocycles. The molecule has 1 N–H and O–H groups in total. The molecular weight excluding hydrogens is 228 g/mol. The Balaban J connectivity index is 2.34. The number of rotatable bonds is 1. The normalized spacial score (nSPS) is 11.9. The highest BCUT2D eigenvalue weighted by Gasteiger charge is 2.05. The minimum Gasteiger partial charge on any atom is -0.454 e. The van der Waals surface area contributed by atoms with Crippen molar-refractivity contribution < 1.29 is 9.62 Å². The first-order valence-electron chi connectivity index (χ1n) is 5.51. The van der Waals surface area contributed by atoms with E-state index in [-0.39, 0.29) is 0 Å².